The third kappa shape index (κ3) is 2.97. The number of carbonyl (C=O) groups is 1. The van der Waals surface area contributed by atoms with Gasteiger partial charge in [-0.05, 0) is 51.4 Å². The number of rotatable bonds is 4. The quantitative estimate of drug-likeness (QED) is 0.815. The van der Waals surface area contributed by atoms with Crippen molar-refractivity contribution in [1.82, 2.24) is 14.5 Å². The van der Waals surface area contributed by atoms with E-state index >= 15 is 0 Å². The molecule has 1 aromatic rings. The molecule has 3 fully saturated rings. The number of carbonyl (C=O) groups excluding carboxylic acids is 1. The molecule has 0 N–H and O–H groups in total. The lowest BCUT2D eigenvalue weighted by Crippen LogP contribution is -2.33. The van der Waals surface area contributed by atoms with Crippen LogP contribution in [0.25, 0.3) is 0 Å². The van der Waals surface area contributed by atoms with Crippen LogP contribution in [0.2, 0.25) is 0 Å². The van der Waals surface area contributed by atoms with Gasteiger partial charge in [-0.2, -0.15) is 0 Å². The first-order valence-electron chi connectivity index (χ1n) is 10.5. The molecule has 1 saturated heterocycles. The van der Waals surface area contributed by atoms with Gasteiger partial charge in [0.05, 0.1) is 12.0 Å². The Morgan fingerprint density at radius 2 is 1.96 bits per heavy atom. The van der Waals surface area contributed by atoms with Gasteiger partial charge in [0, 0.05) is 37.7 Å². The minimum absolute atomic E-state index is 0.0864. The highest BCUT2D eigenvalue weighted by atomic mass is 16.7. The molecule has 2 saturated carbocycles. The van der Waals surface area contributed by atoms with Crippen LogP contribution < -0.4 is 0 Å². The van der Waals surface area contributed by atoms with Gasteiger partial charge in [0.25, 0.3) is 5.91 Å². The lowest BCUT2D eigenvalue weighted by atomic mass is 9.98. The highest BCUT2D eigenvalue weighted by Gasteiger charge is 2.60. The van der Waals surface area contributed by atoms with Crippen molar-refractivity contribution in [2.75, 3.05) is 13.1 Å². The summed E-state index contributed by atoms with van der Waals surface area (Å²) in [4.78, 5) is 24.8. The highest BCUT2D eigenvalue weighted by molar-refractivity contribution is 5.94. The molecule has 2 unspecified atom stereocenters. The summed E-state index contributed by atoms with van der Waals surface area (Å²) >= 11 is 0. The van der Waals surface area contributed by atoms with E-state index in [1.54, 1.807) is 0 Å². The predicted molar refractivity (Wildman–Crippen MR) is 102 cm³/mol. The number of nitrogens with zero attached hydrogens (tertiary/aromatic N) is 4. The van der Waals surface area contributed by atoms with Crippen LogP contribution in [-0.4, -0.2) is 44.8 Å². The number of amides is 1. The van der Waals surface area contributed by atoms with Crippen molar-refractivity contribution in [3.63, 3.8) is 0 Å². The summed E-state index contributed by atoms with van der Waals surface area (Å²) in [6.45, 7) is 8.09. The Balaban J connectivity index is 1.19. The summed E-state index contributed by atoms with van der Waals surface area (Å²) in [5.41, 5.74) is 1.64. The van der Waals surface area contributed by atoms with Crippen LogP contribution in [0.15, 0.2) is 17.7 Å². The van der Waals surface area contributed by atoms with Crippen LogP contribution in [0.3, 0.4) is 0 Å². The van der Waals surface area contributed by atoms with Crippen molar-refractivity contribution in [3.8, 4) is 0 Å². The first kappa shape index (κ1) is 17.3. The molecule has 3 atom stereocenters. The van der Waals surface area contributed by atoms with E-state index in [4.69, 9.17) is 4.84 Å². The predicted octanol–water partition coefficient (Wildman–Crippen LogP) is 3.51. The average Bonchev–Trinajstić information content (AvgIpc) is 3.26. The number of hydrogen-bond donors (Lipinski definition) is 0. The second kappa shape index (κ2) is 6.08. The SMILES string of the molecule is C[C@@H](C1CCCC1)n1cnc(C(=O)N2CC3C(C2)C3C2=NOC(C)(C)C2)c1. The van der Waals surface area contributed by atoms with E-state index in [0.717, 1.165) is 25.4 Å². The van der Waals surface area contributed by atoms with E-state index in [0.29, 0.717) is 29.5 Å². The van der Waals surface area contributed by atoms with Crippen molar-refractivity contribution < 1.29 is 9.63 Å². The zero-order valence-electron chi connectivity index (χ0n) is 16.6. The maximum absolute atomic E-state index is 12.9. The van der Waals surface area contributed by atoms with E-state index in [-0.39, 0.29) is 11.5 Å². The Kier molecular flexibility index (Phi) is 3.89. The molecule has 3 heterocycles. The zero-order valence-corrected chi connectivity index (χ0v) is 16.6. The van der Waals surface area contributed by atoms with Crippen molar-refractivity contribution in [2.45, 2.75) is 64.5 Å². The highest BCUT2D eigenvalue weighted by Crippen LogP contribution is 2.54. The fraction of sp³-hybridized carbons (Fsp3) is 0.762. The molecule has 0 radical (unpaired) electrons. The van der Waals surface area contributed by atoms with Crippen LogP contribution in [0.4, 0.5) is 0 Å². The normalized spacial score (nSPS) is 32.9. The Labute approximate surface area is 161 Å². The van der Waals surface area contributed by atoms with E-state index in [1.165, 1.54) is 31.4 Å². The first-order chi connectivity index (χ1) is 12.9. The number of hydrogen-bond acceptors (Lipinski definition) is 4. The van der Waals surface area contributed by atoms with Gasteiger partial charge in [-0.3, -0.25) is 4.79 Å². The van der Waals surface area contributed by atoms with Crippen LogP contribution in [0.1, 0.15) is 69.4 Å². The third-order valence-electron chi connectivity index (χ3n) is 7.26. The second-order valence-electron chi connectivity index (χ2n) is 9.67. The number of fused-ring (bicyclic) bond motifs is 1. The van der Waals surface area contributed by atoms with Gasteiger partial charge >= 0.3 is 0 Å². The van der Waals surface area contributed by atoms with Gasteiger partial charge in [-0.25, -0.2) is 4.98 Å². The summed E-state index contributed by atoms with van der Waals surface area (Å²) < 4.78 is 2.15. The third-order valence-corrected chi connectivity index (χ3v) is 7.26. The van der Waals surface area contributed by atoms with Gasteiger partial charge in [0.15, 0.2) is 0 Å². The van der Waals surface area contributed by atoms with E-state index in [1.807, 2.05) is 17.4 Å². The molecule has 1 aromatic heterocycles. The lowest BCUT2D eigenvalue weighted by molar-refractivity contribution is 0.0123. The van der Waals surface area contributed by atoms with Gasteiger partial charge in [-0.1, -0.05) is 18.0 Å². The molecular formula is C21H30N4O2. The number of aromatic nitrogens is 2. The summed E-state index contributed by atoms with van der Waals surface area (Å²) in [5.74, 6) is 2.45. The smallest absolute Gasteiger partial charge is 0.274 e. The van der Waals surface area contributed by atoms with Crippen LogP contribution >= 0.6 is 0 Å². The Bertz CT molecular complexity index is 765. The van der Waals surface area contributed by atoms with Crippen LogP contribution in [-0.2, 0) is 4.84 Å². The number of imidazole rings is 1. The maximum Gasteiger partial charge on any atom is 0.274 e. The molecular weight excluding hydrogens is 340 g/mol. The first-order valence-corrected chi connectivity index (χ1v) is 10.5. The summed E-state index contributed by atoms with van der Waals surface area (Å²) in [5, 5.41) is 4.32. The van der Waals surface area contributed by atoms with Crippen molar-refractivity contribution in [3.05, 3.63) is 18.2 Å². The van der Waals surface area contributed by atoms with Gasteiger partial charge in [0.2, 0.25) is 0 Å². The number of likely N-dealkylation sites (tertiary alicyclic amines) is 1. The maximum atomic E-state index is 12.9. The van der Waals surface area contributed by atoms with Crippen LogP contribution in [0, 0.1) is 23.7 Å². The molecule has 4 aliphatic rings. The van der Waals surface area contributed by atoms with Gasteiger partial charge in [-0.15, -0.1) is 0 Å². The molecule has 146 valence electrons. The fourth-order valence-electron chi connectivity index (χ4n) is 5.56. The molecule has 6 nitrogen and oxygen atoms in total. The summed E-state index contributed by atoms with van der Waals surface area (Å²) in [6, 6.07) is 0.432. The molecule has 27 heavy (non-hydrogen) atoms. The average molecular weight is 370 g/mol. The Hall–Kier alpha value is -1.85. The monoisotopic (exact) mass is 370 g/mol. The van der Waals surface area contributed by atoms with E-state index < -0.39 is 0 Å². The van der Waals surface area contributed by atoms with E-state index in [2.05, 4.69) is 35.5 Å². The molecule has 2 aliphatic carbocycles. The number of piperidine rings is 1. The van der Waals surface area contributed by atoms with Crippen molar-refractivity contribution >= 4 is 11.6 Å². The molecule has 0 bridgehead atoms. The van der Waals surface area contributed by atoms with Gasteiger partial charge in [0.1, 0.15) is 11.3 Å². The zero-order chi connectivity index (χ0) is 18.8. The van der Waals surface area contributed by atoms with Crippen molar-refractivity contribution in [2.24, 2.45) is 28.8 Å². The second-order valence-corrected chi connectivity index (χ2v) is 9.67. The minimum Gasteiger partial charge on any atom is -0.389 e. The molecule has 0 spiro atoms. The summed E-state index contributed by atoms with van der Waals surface area (Å²) in [6.07, 6.45) is 9.99. The molecule has 2 aliphatic heterocycles. The fourth-order valence-corrected chi connectivity index (χ4v) is 5.56. The molecule has 6 heteroatoms. The Morgan fingerprint density at radius 3 is 2.59 bits per heavy atom. The standard InChI is InChI=1S/C21H30N4O2/c1-13(14-6-4-5-7-14)25-11-18(22-12-25)20(26)24-9-15-16(10-24)19(15)17-8-21(2,3)27-23-17/h11-16,19H,4-10H2,1-3H3/t13-,15?,16?,19?/m0/s1. The minimum atomic E-state index is -0.162. The van der Waals surface area contributed by atoms with E-state index in [9.17, 15) is 4.79 Å². The molecule has 0 aromatic carbocycles. The van der Waals surface area contributed by atoms with Crippen LogP contribution in [0.5, 0.6) is 0 Å². The van der Waals surface area contributed by atoms with Gasteiger partial charge < -0.3 is 14.3 Å². The number of oxime groups is 1. The molecule has 5 rings (SSSR count). The Morgan fingerprint density at radius 1 is 1.26 bits per heavy atom. The largest absolute Gasteiger partial charge is 0.389 e. The molecule has 1 amide bonds. The van der Waals surface area contributed by atoms with Crippen molar-refractivity contribution in [1.29, 1.82) is 0 Å². The lowest BCUT2D eigenvalue weighted by Gasteiger charge is -2.20. The summed E-state index contributed by atoms with van der Waals surface area (Å²) in [7, 11) is 0. The topological polar surface area (TPSA) is 59.7 Å².